The number of benzene rings is 1. The molecule has 0 bridgehead atoms. The molecule has 2 heterocycles. The molecule has 0 atom stereocenters. The van der Waals surface area contributed by atoms with Crippen molar-refractivity contribution in [3.05, 3.63) is 30.5 Å². The van der Waals surface area contributed by atoms with Gasteiger partial charge >= 0.3 is 7.12 Å². The minimum Gasteiger partial charge on any atom is -0.534 e. The van der Waals surface area contributed by atoms with Crippen molar-refractivity contribution >= 4 is 24.0 Å². The second-order valence-corrected chi connectivity index (χ2v) is 6.01. The third-order valence-corrected chi connectivity index (χ3v) is 4.09. The predicted octanol–water partition coefficient (Wildman–Crippen LogP) is 1.90. The van der Waals surface area contributed by atoms with Crippen LogP contribution in [-0.4, -0.2) is 25.8 Å². The molecule has 0 amide bonds. The molecule has 0 saturated carbocycles. The van der Waals surface area contributed by atoms with Crippen molar-refractivity contribution in [1.29, 1.82) is 0 Å². The SMILES string of the molecule is C=C1OB(c2ccc(N3CCCC3)c(N)c2)OC1(C)C. The van der Waals surface area contributed by atoms with Gasteiger partial charge in [0.15, 0.2) is 0 Å². The number of hydrogen-bond acceptors (Lipinski definition) is 4. The van der Waals surface area contributed by atoms with E-state index in [2.05, 4.69) is 17.5 Å². The van der Waals surface area contributed by atoms with Crippen molar-refractivity contribution in [1.82, 2.24) is 0 Å². The van der Waals surface area contributed by atoms with E-state index in [0.717, 1.165) is 29.9 Å². The highest BCUT2D eigenvalue weighted by atomic mass is 16.7. The molecule has 20 heavy (non-hydrogen) atoms. The number of nitrogen functional groups attached to an aromatic ring is 1. The molecule has 2 saturated heterocycles. The number of hydrogen-bond donors (Lipinski definition) is 1. The summed E-state index contributed by atoms with van der Waals surface area (Å²) in [6.45, 7) is 9.98. The Labute approximate surface area is 120 Å². The van der Waals surface area contributed by atoms with E-state index in [-0.39, 0.29) is 0 Å². The maximum atomic E-state index is 6.20. The number of anilines is 2. The second-order valence-electron chi connectivity index (χ2n) is 6.01. The van der Waals surface area contributed by atoms with E-state index in [4.69, 9.17) is 15.0 Å². The van der Waals surface area contributed by atoms with Crippen LogP contribution in [0.4, 0.5) is 11.4 Å². The summed E-state index contributed by atoms with van der Waals surface area (Å²) in [7, 11) is -0.410. The van der Waals surface area contributed by atoms with E-state index in [0.29, 0.717) is 5.76 Å². The topological polar surface area (TPSA) is 47.7 Å². The summed E-state index contributed by atoms with van der Waals surface area (Å²) in [6.07, 6.45) is 2.48. The van der Waals surface area contributed by atoms with Crippen LogP contribution in [0, 0.1) is 0 Å². The van der Waals surface area contributed by atoms with Gasteiger partial charge in [0.2, 0.25) is 0 Å². The molecule has 5 heteroatoms. The summed E-state index contributed by atoms with van der Waals surface area (Å²) in [5, 5.41) is 0. The molecule has 0 radical (unpaired) electrons. The summed E-state index contributed by atoms with van der Waals surface area (Å²) < 4.78 is 11.6. The first kappa shape index (κ1) is 13.4. The van der Waals surface area contributed by atoms with E-state index in [1.807, 2.05) is 26.0 Å². The molecule has 0 unspecified atom stereocenters. The van der Waals surface area contributed by atoms with Crippen LogP contribution in [0.2, 0.25) is 0 Å². The highest BCUT2D eigenvalue weighted by molar-refractivity contribution is 6.62. The van der Waals surface area contributed by atoms with Gasteiger partial charge in [0.25, 0.3) is 0 Å². The van der Waals surface area contributed by atoms with E-state index in [9.17, 15) is 0 Å². The lowest BCUT2D eigenvalue weighted by molar-refractivity contribution is 0.173. The van der Waals surface area contributed by atoms with Crippen LogP contribution in [0.1, 0.15) is 26.7 Å². The molecular weight excluding hydrogens is 251 g/mol. The fraction of sp³-hybridized carbons (Fsp3) is 0.467. The zero-order valence-electron chi connectivity index (χ0n) is 12.2. The lowest BCUT2D eigenvalue weighted by Gasteiger charge is -2.20. The minimum absolute atomic E-state index is 0.410. The Bertz CT molecular complexity index is 539. The molecule has 0 spiro atoms. The maximum absolute atomic E-state index is 6.20. The molecule has 2 aliphatic rings. The molecule has 0 aliphatic carbocycles. The molecule has 106 valence electrons. The average Bonchev–Trinajstić information content (AvgIpc) is 2.98. The van der Waals surface area contributed by atoms with Crippen LogP contribution in [0.5, 0.6) is 0 Å². The zero-order chi connectivity index (χ0) is 14.3. The first-order valence-electron chi connectivity index (χ1n) is 7.15. The van der Waals surface area contributed by atoms with Crippen LogP contribution in [0.25, 0.3) is 0 Å². The van der Waals surface area contributed by atoms with E-state index in [1.54, 1.807) is 0 Å². The summed E-state index contributed by atoms with van der Waals surface area (Å²) in [6, 6.07) is 6.05. The molecule has 1 aromatic carbocycles. The van der Waals surface area contributed by atoms with Gasteiger partial charge in [-0.15, -0.1) is 0 Å². The molecule has 1 aromatic rings. The van der Waals surface area contributed by atoms with Crippen molar-refractivity contribution < 1.29 is 9.31 Å². The summed E-state index contributed by atoms with van der Waals surface area (Å²) in [5.74, 6) is 0.657. The molecule has 4 nitrogen and oxygen atoms in total. The van der Waals surface area contributed by atoms with Crippen molar-refractivity contribution in [3.8, 4) is 0 Å². The summed E-state index contributed by atoms with van der Waals surface area (Å²) in [5.41, 5.74) is 8.58. The van der Waals surface area contributed by atoms with Gasteiger partial charge < -0.3 is 19.9 Å². The smallest absolute Gasteiger partial charge is 0.534 e. The molecule has 0 aromatic heterocycles. The molecule has 2 N–H and O–H groups in total. The van der Waals surface area contributed by atoms with Crippen molar-refractivity contribution in [3.63, 3.8) is 0 Å². The quantitative estimate of drug-likeness (QED) is 0.660. The Morgan fingerprint density at radius 2 is 2.00 bits per heavy atom. The van der Waals surface area contributed by atoms with Crippen LogP contribution in [-0.2, 0) is 9.31 Å². The Hall–Kier alpha value is -1.62. The minimum atomic E-state index is -0.451. The lowest BCUT2D eigenvalue weighted by atomic mass is 9.79. The van der Waals surface area contributed by atoms with Gasteiger partial charge in [0.05, 0.1) is 17.1 Å². The fourth-order valence-electron chi connectivity index (χ4n) is 2.73. The molecular formula is C15H21BN2O2. The normalized spacial score (nSPS) is 21.4. The predicted molar refractivity (Wildman–Crippen MR) is 83.1 cm³/mol. The largest absolute Gasteiger partial charge is 0.563 e. The maximum Gasteiger partial charge on any atom is 0.563 e. The number of nitrogens with zero attached hydrogens (tertiary/aromatic N) is 1. The highest BCUT2D eigenvalue weighted by Crippen LogP contribution is 2.31. The van der Waals surface area contributed by atoms with Gasteiger partial charge in [0.1, 0.15) is 5.60 Å². The van der Waals surface area contributed by atoms with E-state index < -0.39 is 12.7 Å². The van der Waals surface area contributed by atoms with Crippen molar-refractivity contribution in [2.45, 2.75) is 32.3 Å². The zero-order valence-corrected chi connectivity index (χ0v) is 12.2. The van der Waals surface area contributed by atoms with Crippen LogP contribution < -0.4 is 16.1 Å². The molecule has 2 aliphatic heterocycles. The van der Waals surface area contributed by atoms with Crippen LogP contribution in [0.15, 0.2) is 30.5 Å². The van der Waals surface area contributed by atoms with E-state index >= 15 is 0 Å². The van der Waals surface area contributed by atoms with Crippen LogP contribution in [0.3, 0.4) is 0 Å². The van der Waals surface area contributed by atoms with Gasteiger partial charge in [-0.05, 0) is 44.3 Å². The Balaban J connectivity index is 1.82. The van der Waals surface area contributed by atoms with Gasteiger partial charge in [-0.3, -0.25) is 0 Å². The van der Waals surface area contributed by atoms with Crippen LogP contribution >= 0.6 is 0 Å². The fourth-order valence-corrected chi connectivity index (χ4v) is 2.73. The van der Waals surface area contributed by atoms with Gasteiger partial charge in [-0.2, -0.15) is 0 Å². The second kappa shape index (κ2) is 4.74. The highest BCUT2D eigenvalue weighted by Gasteiger charge is 2.42. The van der Waals surface area contributed by atoms with Crippen molar-refractivity contribution in [2.24, 2.45) is 0 Å². The first-order chi connectivity index (χ1) is 9.47. The third kappa shape index (κ3) is 2.26. The molecule has 2 fully saturated rings. The van der Waals surface area contributed by atoms with Crippen molar-refractivity contribution in [2.75, 3.05) is 23.7 Å². The average molecular weight is 272 g/mol. The van der Waals surface area contributed by atoms with Gasteiger partial charge in [-0.25, -0.2) is 0 Å². The standard InChI is InChI=1S/C15H21BN2O2/c1-11-15(2,3)20-16(19-11)12-6-7-14(13(17)10-12)18-8-4-5-9-18/h6-7,10H,1,4-5,8-9,17H2,2-3H3. The summed E-state index contributed by atoms with van der Waals surface area (Å²) in [4.78, 5) is 2.33. The summed E-state index contributed by atoms with van der Waals surface area (Å²) >= 11 is 0. The van der Waals surface area contributed by atoms with Gasteiger partial charge in [-0.1, -0.05) is 12.6 Å². The Morgan fingerprint density at radius 3 is 2.55 bits per heavy atom. The third-order valence-electron chi connectivity index (χ3n) is 4.09. The lowest BCUT2D eigenvalue weighted by Crippen LogP contribution is -2.35. The Kier molecular flexibility index (Phi) is 3.17. The number of rotatable bonds is 2. The Morgan fingerprint density at radius 1 is 1.30 bits per heavy atom. The monoisotopic (exact) mass is 272 g/mol. The first-order valence-corrected chi connectivity index (χ1v) is 7.15. The van der Waals surface area contributed by atoms with Gasteiger partial charge in [0, 0.05) is 13.1 Å². The number of nitrogens with two attached hydrogens (primary N) is 1. The molecule has 3 rings (SSSR count). The van der Waals surface area contributed by atoms with E-state index in [1.165, 1.54) is 12.8 Å².